The first-order valence-electron chi connectivity index (χ1n) is 7.22. The van der Waals surface area contributed by atoms with Gasteiger partial charge in [0.1, 0.15) is 17.7 Å². The number of rotatable bonds is 3. The molecule has 2 amide bonds. The van der Waals surface area contributed by atoms with Gasteiger partial charge in [0.25, 0.3) is 0 Å². The summed E-state index contributed by atoms with van der Waals surface area (Å²) in [5.74, 6) is 1.98. The summed E-state index contributed by atoms with van der Waals surface area (Å²) in [6.07, 6.45) is 1.13. The van der Waals surface area contributed by atoms with E-state index in [0.29, 0.717) is 12.5 Å². The van der Waals surface area contributed by atoms with Crippen molar-refractivity contribution < 1.29 is 9.53 Å². The summed E-state index contributed by atoms with van der Waals surface area (Å²) in [4.78, 5) is 16.0. The van der Waals surface area contributed by atoms with E-state index in [1.165, 1.54) is 5.56 Å². The molecule has 0 saturated heterocycles. The van der Waals surface area contributed by atoms with E-state index in [0.717, 1.165) is 23.6 Å². The lowest BCUT2D eigenvalue weighted by Crippen LogP contribution is -2.28. The summed E-state index contributed by atoms with van der Waals surface area (Å²) < 4.78 is 7.27. The molecule has 0 fully saturated rings. The Morgan fingerprint density at radius 2 is 2.32 bits per heavy atom. The maximum absolute atomic E-state index is 11.9. The third-order valence-electron chi connectivity index (χ3n) is 3.62. The number of nitrogens with one attached hydrogen (secondary N) is 2. The van der Waals surface area contributed by atoms with Gasteiger partial charge in [0.05, 0.1) is 0 Å². The summed E-state index contributed by atoms with van der Waals surface area (Å²) in [5, 5.41) is 9.49. The predicted molar refractivity (Wildman–Crippen MR) is 81.8 cm³/mol. The molecule has 0 bridgehead atoms. The quantitative estimate of drug-likeness (QED) is 0.905. The van der Waals surface area contributed by atoms with Crippen LogP contribution in [0.4, 0.5) is 10.7 Å². The number of anilines is 1. The second-order valence-electron chi connectivity index (χ2n) is 5.49. The number of carbonyl (C=O) groups is 1. The molecule has 2 aromatic rings. The first-order valence-corrected chi connectivity index (χ1v) is 7.22. The number of amides is 2. The molecule has 3 rings (SSSR count). The molecule has 0 aliphatic carbocycles. The molecule has 1 aliphatic heterocycles. The second-order valence-corrected chi connectivity index (χ2v) is 5.49. The Morgan fingerprint density at radius 1 is 1.50 bits per heavy atom. The first-order chi connectivity index (χ1) is 10.5. The molecule has 1 unspecified atom stereocenters. The van der Waals surface area contributed by atoms with Crippen molar-refractivity contribution in [3.05, 3.63) is 35.2 Å². The van der Waals surface area contributed by atoms with Gasteiger partial charge >= 0.3 is 6.03 Å². The highest BCUT2D eigenvalue weighted by Gasteiger charge is 2.18. The smallest absolute Gasteiger partial charge is 0.321 e. The highest BCUT2D eigenvalue weighted by atomic mass is 16.5. The molecule has 7 heteroatoms. The van der Waals surface area contributed by atoms with Gasteiger partial charge in [0.2, 0.25) is 5.95 Å². The van der Waals surface area contributed by atoms with Gasteiger partial charge in [-0.3, -0.25) is 10.00 Å². The van der Waals surface area contributed by atoms with Crippen LogP contribution in [0.2, 0.25) is 0 Å². The molecule has 1 aromatic heterocycles. The molecule has 116 valence electrons. The molecule has 0 radical (unpaired) electrons. The molecule has 2 N–H and O–H groups in total. The summed E-state index contributed by atoms with van der Waals surface area (Å²) in [6.45, 7) is 4.32. The molecule has 1 atom stereocenters. The lowest BCUT2D eigenvalue weighted by Gasteiger charge is -2.06. The molecule has 0 spiro atoms. The number of urea groups is 1. The van der Waals surface area contributed by atoms with Gasteiger partial charge < -0.3 is 10.1 Å². The standard InChI is InChI=1S/C15H19N5O2/c1-9-6-12-7-11(4-5-13(12)22-9)8-16-15(21)18-14-17-10(2)20(3)19-14/h4-5,7,9H,6,8H2,1-3H3,(H2,16,18,19,21). The van der Waals surface area contributed by atoms with E-state index in [-0.39, 0.29) is 12.1 Å². The number of hydrogen-bond donors (Lipinski definition) is 2. The van der Waals surface area contributed by atoms with Gasteiger partial charge in [-0.2, -0.15) is 4.98 Å². The molecule has 22 heavy (non-hydrogen) atoms. The van der Waals surface area contributed by atoms with E-state index in [1.54, 1.807) is 11.7 Å². The van der Waals surface area contributed by atoms with Crippen molar-refractivity contribution in [2.24, 2.45) is 7.05 Å². The van der Waals surface area contributed by atoms with Gasteiger partial charge in [0.15, 0.2) is 0 Å². The fourth-order valence-electron chi connectivity index (χ4n) is 2.43. The SMILES string of the molecule is Cc1nc(NC(=O)NCc2ccc3c(c2)CC(C)O3)nn1C. The number of ether oxygens (including phenoxy) is 1. The zero-order valence-electron chi connectivity index (χ0n) is 12.9. The van der Waals surface area contributed by atoms with Gasteiger partial charge in [-0.15, -0.1) is 5.10 Å². The van der Waals surface area contributed by atoms with Crippen LogP contribution in [-0.2, 0) is 20.0 Å². The van der Waals surface area contributed by atoms with Crippen molar-refractivity contribution in [2.75, 3.05) is 5.32 Å². The zero-order chi connectivity index (χ0) is 15.7. The van der Waals surface area contributed by atoms with E-state index < -0.39 is 0 Å². The number of fused-ring (bicyclic) bond motifs is 1. The van der Waals surface area contributed by atoms with Crippen LogP contribution in [0.3, 0.4) is 0 Å². The molecule has 7 nitrogen and oxygen atoms in total. The molecule has 2 heterocycles. The van der Waals surface area contributed by atoms with E-state index in [1.807, 2.05) is 26.0 Å². The maximum Gasteiger partial charge on any atom is 0.321 e. The summed E-state index contributed by atoms with van der Waals surface area (Å²) in [5.41, 5.74) is 2.23. The largest absolute Gasteiger partial charge is 0.490 e. The van der Waals surface area contributed by atoms with Crippen LogP contribution in [0.15, 0.2) is 18.2 Å². The Kier molecular flexibility index (Phi) is 3.70. The van der Waals surface area contributed by atoms with Crippen molar-refractivity contribution in [3.8, 4) is 5.75 Å². The first kappa shape index (κ1) is 14.4. The van der Waals surface area contributed by atoms with E-state index >= 15 is 0 Å². The average Bonchev–Trinajstić information content (AvgIpc) is 2.97. The van der Waals surface area contributed by atoms with Crippen molar-refractivity contribution in [3.63, 3.8) is 0 Å². The number of carbonyl (C=O) groups excluding carboxylic acids is 1. The molecule has 1 aliphatic rings. The van der Waals surface area contributed by atoms with Crippen LogP contribution in [0.25, 0.3) is 0 Å². The van der Waals surface area contributed by atoms with Crippen molar-refractivity contribution in [2.45, 2.75) is 32.9 Å². The molecule has 0 saturated carbocycles. The monoisotopic (exact) mass is 301 g/mol. The van der Waals surface area contributed by atoms with E-state index in [9.17, 15) is 4.79 Å². The molecular weight excluding hydrogens is 282 g/mol. The fraction of sp³-hybridized carbons (Fsp3) is 0.400. The van der Waals surface area contributed by atoms with Crippen molar-refractivity contribution >= 4 is 12.0 Å². The molecule has 1 aromatic carbocycles. The average molecular weight is 301 g/mol. The van der Waals surface area contributed by atoms with Crippen LogP contribution in [0.5, 0.6) is 5.75 Å². The number of hydrogen-bond acceptors (Lipinski definition) is 4. The van der Waals surface area contributed by atoms with Gasteiger partial charge in [-0.25, -0.2) is 4.79 Å². The van der Waals surface area contributed by atoms with Crippen LogP contribution in [0, 0.1) is 6.92 Å². The Morgan fingerprint density at radius 3 is 3.05 bits per heavy atom. The number of benzene rings is 1. The van der Waals surface area contributed by atoms with E-state index in [4.69, 9.17) is 4.74 Å². The van der Waals surface area contributed by atoms with Crippen LogP contribution in [-0.4, -0.2) is 26.9 Å². The maximum atomic E-state index is 11.9. The third-order valence-corrected chi connectivity index (χ3v) is 3.62. The minimum absolute atomic E-state index is 0.222. The number of nitrogens with zero attached hydrogens (tertiary/aromatic N) is 3. The van der Waals surface area contributed by atoms with Gasteiger partial charge in [0, 0.05) is 20.0 Å². The van der Waals surface area contributed by atoms with Crippen molar-refractivity contribution in [1.29, 1.82) is 0 Å². The van der Waals surface area contributed by atoms with E-state index in [2.05, 4.69) is 26.8 Å². The molecular formula is C15H19N5O2. The normalized spacial score (nSPS) is 16.0. The summed E-state index contributed by atoms with van der Waals surface area (Å²) in [6, 6.07) is 5.66. The topological polar surface area (TPSA) is 81.1 Å². The van der Waals surface area contributed by atoms with Gasteiger partial charge in [-0.1, -0.05) is 12.1 Å². The Bertz CT molecular complexity index is 690. The van der Waals surface area contributed by atoms with Crippen LogP contribution < -0.4 is 15.4 Å². The zero-order valence-corrected chi connectivity index (χ0v) is 12.9. The summed E-state index contributed by atoms with van der Waals surface area (Å²) in [7, 11) is 1.78. The minimum atomic E-state index is -0.323. The Hall–Kier alpha value is -2.57. The lowest BCUT2D eigenvalue weighted by atomic mass is 10.1. The summed E-state index contributed by atoms with van der Waals surface area (Å²) >= 11 is 0. The lowest BCUT2D eigenvalue weighted by molar-refractivity contribution is 0.251. The van der Waals surface area contributed by atoms with Crippen LogP contribution >= 0.6 is 0 Å². The second kappa shape index (κ2) is 5.67. The fourth-order valence-corrected chi connectivity index (χ4v) is 2.43. The van der Waals surface area contributed by atoms with Crippen molar-refractivity contribution in [1.82, 2.24) is 20.1 Å². The predicted octanol–water partition coefficient (Wildman–Crippen LogP) is 1.77. The van der Waals surface area contributed by atoms with Gasteiger partial charge in [-0.05, 0) is 31.0 Å². The number of aromatic nitrogens is 3. The number of aryl methyl sites for hydroxylation is 2. The third kappa shape index (κ3) is 3.03. The minimum Gasteiger partial charge on any atom is -0.490 e. The highest BCUT2D eigenvalue weighted by molar-refractivity contribution is 5.87. The van der Waals surface area contributed by atoms with Crippen LogP contribution in [0.1, 0.15) is 23.9 Å². The Labute approximate surface area is 128 Å². The highest BCUT2D eigenvalue weighted by Crippen LogP contribution is 2.29. The Balaban J connectivity index is 1.56.